The van der Waals surface area contributed by atoms with Gasteiger partial charge in [0.15, 0.2) is 0 Å². The lowest BCUT2D eigenvalue weighted by atomic mass is 10.2. The highest BCUT2D eigenvalue weighted by molar-refractivity contribution is 8.02. The van der Waals surface area contributed by atoms with Crippen molar-refractivity contribution in [3.8, 4) is 0 Å². The fraction of sp³-hybridized carbons (Fsp3) is 0.444. The Balaban J connectivity index is 3.04. The van der Waals surface area contributed by atoms with Crippen molar-refractivity contribution in [2.24, 2.45) is 0 Å². The topological polar surface area (TPSA) is 83.0 Å². The molecule has 1 rings (SSSR count). The largest absolute Gasteiger partial charge is 0.478 e. The second-order valence-electron chi connectivity index (χ2n) is 2.99. The maximum Gasteiger partial charge on any atom is 0.346 e. The monoisotopic (exact) mass is 260 g/mol. The second-order valence-corrected chi connectivity index (χ2v) is 5.06. The third kappa shape index (κ3) is 3.28. The molecule has 1 aromatic heterocycles. The van der Waals surface area contributed by atoms with E-state index in [2.05, 4.69) is 9.97 Å². The van der Waals surface area contributed by atoms with E-state index in [1.54, 1.807) is 18.7 Å². The molecule has 1 aromatic rings. The van der Waals surface area contributed by atoms with Crippen LogP contribution in [-0.2, 0) is 0 Å². The van der Waals surface area contributed by atoms with E-state index in [0.717, 1.165) is 11.5 Å². The summed E-state index contributed by atoms with van der Waals surface area (Å²) in [5.41, 5.74) is -0.0704. The van der Waals surface area contributed by atoms with Crippen molar-refractivity contribution in [2.45, 2.75) is 11.9 Å². The van der Waals surface area contributed by atoms with Crippen LogP contribution in [0.2, 0.25) is 0 Å². The number of aromatic carboxylic acids is 1. The van der Waals surface area contributed by atoms with Crippen LogP contribution in [-0.4, -0.2) is 38.8 Å². The average molecular weight is 260 g/mol. The molecule has 0 aromatic carbocycles. The molecule has 0 amide bonds. The Morgan fingerprint density at radius 2 is 2.19 bits per heavy atom. The van der Waals surface area contributed by atoms with Crippen LogP contribution in [0, 0.1) is 6.92 Å². The van der Waals surface area contributed by atoms with Crippen molar-refractivity contribution in [1.82, 2.24) is 9.97 Å². The number of aromatic amines is 1. The third-order valence-corrected chi connectivity index (χ3v) is 3.67. The number of nitrogens with one attached hydrogen (secondary N) is 1. The third-order valence-electron chi connectivity index (χ3n) is 1.83. The van der Waals surface area contributed by atoms with E-state index in [0.29, 0.717) is 10.7 Å². The van der Waals surface area contributed by atoms with Gasteiger partial charge in [0.1, 0.15) is 10.6 Å². The number of hydrogen-bond donors (Lipinski definition) is 2. The normalized spacial score (nSPS) is 10.4. The Morgan fingerprint density at radius 3 is 2.75 bits per heavy atom. The van der Waals surface area contributed by atoms with Gasteiger partial charge in [-0.15, -0.1) is 11.8 Å². The minimum atomic E-state index is -1.06. The van der Waals surface area contributed by atoms with Crippen molar-refractivity contribution in [2.75, 3.05) is 17.8 Å². The van der Waals surface area contributed by atoms with E-state index in [9.17, 15) is 9.59 Å². The summed E-state index contributed by atoms with van der Waals surface area (Å²) in [5, 5.41) is 9.31. The summed E-state index contributed by atoms with van der Waals surface area (Å²) in [7, 11) is 0. The molecule has 0 atom stereocenters. The van der Waals surface area contributed by atoms with Gasteiger partial charge in [-0.2, -0.15) is 16.7 Å². The van der Waals surface area contributed by atoms with Gasteiger partial charge in [0.2, 0.25) is 0 Å². The zero-order chi connectivity index (χ0) is 12.1. The quantitative estimate of drug-likeness (QED) is 0.471. The van der Waals surface area contributed by atoms with E-state index in [1.165, 1.54) is 11.8 Å². The van der Waals surface area contributed by atoms with Gasteiger partial charge in [0.05, 0.1) is 0 Å². The van der Waals surface area contributed by atoms with Crippen LogP contribution in [0.3, 0.4) is 0 Å². The number of hydrogen-bond acceptors (Lipinski definition) is 5. The number of rotatable bonds is 5. The van der Waals surface area contributed by atoms with E-state index in [-0.39, 0.29) is 5.56 Å². The summed E-state index contributed by atoms with van der Waals surface area (Å²) in [5.74, 6) is 0.558. The first-order chi connectivity index (χ1) is 7.56. The molecule has 0 fully saturated rings. The lowest BCUT2D eigenvalue weighted by molar-refractivity contribution is 0.0690. The van der Waals surface area contributed by atoms with Gasteiger partial charge in [-0.25, -0.2) is 9.59 Å². The van der Waals surface area contributed by atoms with Gasteiger partial charge in [0, 0.05) is 17.2 Å². The van der Waals surface area contributed by atoms with Gasteiger partial charge in [-0.05, 0) is 13.2 Å². The zero-order valence-corrected chi connectivity index (χ0v) is 10.6. The first kappa shape index (κ1) is 13.1. The molecular weight excluding hydrogens is 248 g/mol. The number of H-pyrrole nitrogens is 1. The van der Waals surface area contributed by atoms with Crippen molar-refractivity contribution in [1.29, 1.82) is 0 Å². The molecule has 0 saturated heterocycles. The van der Waals surface area contributed by atoms with E-state index < -0.39 is 11.7 Å². The minimum absolute atomic E-state index is 0.0886. The predicted molar refractivity (Wildman–Crippen MR) is 65.7 cm³/mol. The number of nitrogens with zero attached hydrogens (tertiary/aromatic N) is 1. The molecule has 5 nitrogen and oxygen atoms in total. The average Bonchev–Trinajstić information content (AvgIpc) is 2.16. The van der Waals surface area contributed by atoms with Gasteiger partial charge < -0.3 is 10.1 Å². The summed E-state index contributed by atoms with van der Waals surface area (Å²) in [4.78, 5) is 28.2. The molecule has 0 unspecified atom stereocenters. The van der Waals surface area contributed by atoms with Crippen LogP contribution in [0.25, 0.3) is 0 Å². The smallest absolute Gasteiger partial charge is 0.346 e. The van der Waals surface area contributed by atoms with E-state index in [1.807, 2.05) is 6.26 Å². The molecule has 0 aliphatic carbocycles. The number of carboxylic acids is 1. The Bertz CT molecular complexity index is 445. The van der Waals surface area contributed by atoms with Crippen molar-refractivity contribution < 1.29 is 9.90 Å². The van der Waals surface area contributed by atoms with E-state index >= 15 is 0 Å². The minimum Gasteiger partial charge on any atom is -0.478 e. The highest BCUT2D eigenvalue weighted by Crippen LogP contribution is 2.21. The molecule has 0 bridgehead atoms. The first-order valence-corrected chi connectivity index (χ1v) is 6.90. The molecule has 0 spiro atoms. The van der Waals surface area contributed by atoms with Crippen LogP contribution in [0.1, 0.15) is 16.1 Å². The van der Waals surface area contributed by atoms with Crippen molar-refractivity contribution in [3.63, 3.8) is 0 Å². The standard InChI is InChI=1S/C9H12N2O3S2/c1-5-6(8(12)13)7(11-9(14)10-5)16-4-3-15-2/h3-4H2,1-2H3,(H,12,13)(H,10,11,14). The van der Waals surface area contributed by atoms with Gasteiger partial charge >= 0.3 is 11.7 Å². The molecule has 7 heteroatoms. The Hall–Kier alpha value is -0.950. The van der Waals surface area contributed by atoms with Crippen LogP contribution in [0.5, 0.6) is 0 Å². The fourth-order valence-corrected chi connectivity index (χ4v) is 2.86. The summed E-state index contributed by atoms with van der Waals surface area (Å²) >= 11 is 2.96. The van der Waals surface area contributed by atoms with Crippen LogP contribution in [0.4, 0.5) is 0 Å². The molecular formula is C9H12N2O3S2. The highest BCUT2D eigenvalue weighted by Gasteiger charge is 2.16. The van der Waals surface area contributed by atoms with Crippen molar-refractivity contribution >= 4 is 29.5 Å². The maximum atomic E-state index is 11.1. The number of aryl methyl sites for hydroxylation is 1. The molecule has 0 radical (unpaired) electrons. The summed E-state index contributed by atoms with van der Waals surface area (Å²) in [6.07, 6.45) is 1.97. The first-order valence-electron chi connectivity index (χ1n) is 4.52. The fourth-order valence-electron chi connectivity index (χ4n) is 1.14. The Kier molecular flexibility index (Phi) is 4.88. The number of carbonyl (C=O) groups is 1. The predicted octanol–water partition coefficient (Wildman–Crippen LogP) is 1.23. The molecule has 0 saturated carbocycles. The molecule has 1 heterocycles. The lowest BCUT2D eigenvalue weighted by Crippen LogP contribution is -2.18. The van der Waals surface area contributed by atoms with Crippen LogP contribution >= 0.6 is 23.5 Å². The molecule has 0 aliphatic rings. The van der Waals surface area contributed by atoms with Crippen LogP contribution in [0.15, 0.2) is 9.82 Å². The maximum absolute atomic E-state index is 11.1. The van der Waals surface area contributed by atoms with E-state index in [4.69, 9.17) is 5.11 Å². The SMILES string of the molecule is CSCCSc1nc(=O)[nH]c(C)c1C(=O)O. The second kappa shape index (κ2) is 5.95. The summed E-state index contributed by atoms with van der Waals surface area (Å²) < 4.78 is 0. The highest BCUT2D eigenvalue weighted by atomic mass is 32.2. The lowest BCUT2D eigenvalue weighted by Gasteiger charge is -2.05. The van der Waals surface area contributed by atoms with Gasteiger partial charge in [0.25, 0.3) is 0 Å². The Labute approximate surface area is 101 Å². The summed E-state index contributed by atoms with van der Waals surface area (Å²) in [6, 6.07) is 0. The molecule has 2 N–H and O–H groups in total. The number of aromatic nitrogens is 2. The number of thioether (sulfide) groups is 2. The Morgan fingerprint density at radius 1 is 1.50 bits per heavy atom. The number of carboxylic acid groups (broad SMARTS) is 1. The summed E-state index contributed by atoms with van der Waals surface area (Å²) in [6.45, 7) is 1.56. The van der Waals surface area contributed by atoms with Crippen LogP contribution < -0.4 is 5.69 Å². The van der Waals surface area contributed by atoms with Gasteiger partial charge in [-0.1, -0.05) is 0 Å². The molecule has 88 valence electrons. The van der Waals surface area contributed by atoms with Gasteiger partial charge in [-0.3, -0.25) is 0 Å². The molecule has 16 heavy (non-hydrogen) atoms. The van der Waals surface area contributed by atoms with Crippen molar-refractivity contribution in [3.05, 3.63) is 21.7 Å². The zero-order valence-electron chi connectivity index (χ0n) is 8.94. The molecule has 0 aliphatic heterocycles.